The molecule has 0 spiro atoms. The van der Waals surface area contributed by atoms with E-state index < -0.39 is 5.91 Å². The lowest BCUT2D eigenvalue weighted by molar-refractivity contribution is 0.0996. The number of nitrogens with one attached hydrogen (secondary N) is 1. The molecule has 0 aliphatic rings. The molecule has 0 aliphatic carbocycles. The van der Waals surface area contributed by atoms with E-state index in [0.29, 0.717) is 11.4 Å². The largest absolute Gasteiger partial charge is 0.364 e. The molecule has 1 aromatic heterocycles. The van der Waals surface area contributed by atoms with Gasteiger partial charge in [0.15, 0.2) is 5.69 Å². The Balaban J connectivity index is 0.000000606. The first-order valence-electron chi connectivity index (χ1n) is 5.01. The lowest BCUT2D eigenvalue weighted by Gasteiger charge is -1.89. The molecule has 2 rings (SSSR count). The van der Waals surface area contributed by atoms with Crippen LogP contribution in [0.3, 0.4) is 0 Å². The first-order valence-corrected chi connectivity index (χ1v) is 5.01. The zero-order valence-corrected chi connectivity index (χ0v) is 9.24. The van der Waals surface area contributed by atoms with E-state index in [9.17, 15) is 4.79 Å². The van der Waals surface area contributed by atoms with E-state index in [1.54, 1.807) is 24.3 Å². The fourth-order valence-electron chi connectivity index (χ4n) is 1.32. The number of hydrogen-bond acceptors (Lipinski definition) is 1. The summed E-state index contributed by atoms with van der Waals surface area (Å²) >= 11 is 0. The van der Waals surface area contributed by atoms with Crippen LogP contribution in [0.5, 0.6) is 0 Å². The lowest BCUT2D eigenvalue weighted by atomic mass is 10.2. The summed E-state index contributed by atoms with van der Waals surface area (Å²) in [5.41, 5.74) is 6.84. The Morgan fingerprint density at radius 3 is 2.62 bits per heavy atom. The summed E-state index contributed by atoms with van der Waals surface area (Å²) in [6.07, 6.45) is 0. The second-order valence-electron chi connectivity index (χ2n) is 2.93. The maximum absolute atomic E-state index is 10.9. The van der Waals surface area contributed by atoms with Crippen molar-refractivity contribution in [2.75, 3.05) is 0 Å². The molecule has 4 nitrogen and oxygen atoms in total. The molecular formula is C12H13N3O. The highest BCUT2D eigenvalue weighted by atomic mass is 16.1. The summed E-state index contributed by atoms with van der Waals surface area (Å²) in [5.74, 6) is -0.495. The Bertz CT molecular complexity index is 549. The number of carbonyl (C=O) groups is 1. The van der Waals surface area contributed by atoms with Gasteiger partial charge < -0.3 is 10.7 Å². The van der Waals surface area contributed by atoms with Crippen molar-refractivity contribution in [3.8, 4) is 0 Å². The van der Waals surface area contributed by atoms with Gasteiger partial charge in [0.25, 0.3) is 5.91 Å². The summed E-state index contributed by atoms with van der Waals surface area (Å²) in [7, 11) is 0. The van der Waals surface area contributed by atoms with Crippen LogP contribution in [-0.2, 0) is 0 Å². The van der Waals surface area contributed by atoms with Crippen molar-refractivity contribution < 1.29 is 4.79 Å². The number of aromatic nitrogens is 1. The van der Waals surface area contributed by atoms with Crippen molar-refractivity contribution in [3.05, 3.63) is 41.4 Å². The van der Waals surface area contributed by atoms with Gasteiger partial charge in [-0.3, -0.25) is 4.79 Å². The van der Waals surface area contributed by atoms with Crippen molar-refractivity contribution >= 4 is 22.5 Å². The second-order valence-corrected chi connectivity index (χ2v) is 2.93. The Morgan fingerprint density at radius 2 is 2.06 bits per heavy atom. The highest BCUT2D eigenvalue weighted by Crippen LogP contribution is 2.21. The van der Waals surface area contributed by atoms with Crippen LogP contribution in [0.25, 0.3) is 15.7 Å². The molecule has 16 heavy (non-hydrogen) atoms. The van der Waals surface area contributed by atoms with Gasteiger partial charge in [0.2, 0.25) is 0 Å². The Kier molecular flexibility index (Phi) is 3.67. The molecule has 0 unspecified atom stereocenters. The van der Waals surface area contributed by atoms with Crippen molar-refractivity contribution in [2.24, 2.45) is 5.73 Å². The number of nitrogens with zero attached hydrogens (tertiary/aromatic N) is 1. The minimum atomic E-state index is -0.495. The van der Waals surface area contributed by atoms with Gasteiger partial charge in [0, 0.05) is 5.52 Å². The number of nitrogens with two attached hydrogens (primary N) is 1. The predicted octanol–water partition coefficient (Wildman–Crippen LogP) is 2.84. The molecule has 0 saturated carbocycles. The molecule has 0 fully saturated rings. The smallest absolute Gasteiger partial charge is 0.265 e. The highest BCUT2D eigenvalue weighted by Gasteiger charge is 2.05. The molecule has 1 aromatic carbocycles. The normalized spacial score (nSPS) is 9.06. The van der Waals surface area contributed by atoms with Crippen LogP contribution in [0, 0.1) is 6.57 Å². The minimum absolute atomic E-state index is 0.363. The van der Waals surface area contributed by atoms with E-state index in [0.717, 1.165) is 10.9 Å². The van der Waals surface area contributed by atoms with Crippen molar-refractivity contribution in [3.63, 3.8) is 0 Å². The van der Waals surface area contributed by atoms with Gasteiger partial charge in [-0.2, -0.15) is 0 Å². The Morgan fingerprint density at radius 1 is 1.38 bits per heavy atom. The maximum atomic E-state index is 10.9. The molecule has 0 aliphatic heterocycles. The molecule has 0 bridgehead atoms. The molecule has 0 saturated heterocycles. The van der Waals surface area contributed by atoms with E-state index >= 15 is 0 Å². The third kappa shape index (κ3) is 2.20. The number of hydrogen-bond donors (Lipinski definition) is 2. The van der Waals surface area contributed by atoms with E-state index in [1.807, 2.05) is 13.8 Å². The topological polar surface area (TPSA) is 63.2 Å². The van der Waals surface area contributed by atoms with Crippen molar-refractivity contribution in [1.82, 2.24) is 4.98 Å². The first kappa shape index (κ1) is 11.8. The van der Waals surface area contributed by atoms with Gasteiger partial charge >= 0.3 is 0 Å². The standard InChI is InChI=1S/C10H7N3O.C2H6/c1-12-7-2-3-8-6(4-7)5-9(13-8)10(11)14;1-2/h2-5,13H,(H2,11,14);1-2H3. The van der Waals surface area contributed by atoms with Gasteiger partial charge in [-0.1, -0.05) is 19.9 Å². The summed E-state index contributed by atoms with van der Waals surface area (Å²) in [6.45, 7) is 10.8. The van der Waals surface area contributed by atoms with Gasteiger partial charge in [-0.25, -0.2) is 4.85 Å². The first-order chi connectivity index (χ1) is 7.70. The number of fused-ring (bicyclic) bond motifs is 1. The molecule has 4 heteroatoms. The van der Waals surface area contributed by atoms with Gasteiger partial charge in [-0.05, 0) is 23.6 Å². The fraction of sp³-hybridized carbons (Fsp3) is 0.167. The lowest BCUT2D eigenvalue weighted by Crippen LogP contribution is -2.10. The SMILES string of the molecule is CC.[C-]#[N+]c1ccc2[nH]c(C(N)=O)cc2c1. The third-order valence-corrected chi connectivity index (χ3v) is 2.00. The van der Waals surface area contributed by atoms with Crippen LogP contribution in [-0.4, -0.2) is 10.9 Å². The van der Waals surface area contributed by atoms with Crippen LogP contribution >= 0.6 is 0 Å². The monoisotopic (exact) mass is 215 g/mol. The van der Waals surface area contributed by atoms with E-state index in [4.69, 9.17) is 12.3 Å². The van der Waals surface area contributed by atoms with Gasteiger partial charge in [0.05, 0.1) is 6.57 Å². The molecule has 82 valence electrons. The van der Waals surface area contributed by atoms with Crippen LogP contribution in [0.1, 0.15) is 24.3 Å². The molecule has 1 amide bonds. The zero-order chi connectivity index (χ0) is 12.1. The number of H-pyrrole nitrogens is 1. The quantitative estimate of drug-likeness (QED) is 0.706. The van der Waals surface area contributed by atoms with Crippen LogP contribution in [0.2, 0.25) is 0 Å². The molecule has 1 heterocycles. The number of carbonyl (C=O) groups excluding carboxylic acids is 1. The third-order valence-electron chi connectivity index (χ3n) is 2.00. The average molecular weight is 215 g/mol. The van der Waals surface area contributed by atoms with Crippen LogP contribution in [0.15, 0.2) is 24.3 Å². The number of benzene rings is 1. The molecule has 0 radical (unpaired) electrons. The van der Waals surface area contributed by atoms with E-state index in [-0.39, 0.29) is 0 Å². The molecular weight excluding hydrogens is 202 g/mol. The Labute approximate surface area is 93.9 Å². The number of aromatic amines is 1. The van der Waals surface area contributed by atoms with Crippen molar-refractivity contribution in [1.29, 1.82) is 0 Å². The number of amides is 1. The van der Waals surface area contributed by atoms with Gasteiger partial charge in [-0.15, -0.1) is 0 Å². The predicted molar refractivity (Wildman–Crippen MR) is 64.4 cm³/mol. The number of rotatable bonds is 1. The number of primary amides is 1. The average Bonchev–Trinajstić information content (AvgIpc) is 2.74. The minimum Gasteiger partial charge on any atom is -0.364 e. The molecule has 3 N–H and O–H groups in total. The van der Waals surface area contributed by atoms with Gasteiger partial charge in [0.1, 0.15) is 5.69 Å². The van der Waals surface area contributed by atoms with Crippen LogP contribution in [0.4, 0.5) is 5.69 Å². The Hall–Kier alpha value is -2.28. The zero-order valence-electron chi connectivity index (χ0n) is 9.24. The fourth-order valence-corrected chi connectivity index (χ4v) is 1.32. The summed E-state index contributed by atoms with van der Waals surface area (Å²) in [6, 6.07) is 6.81. The highest BCUT2D eigenvalue weighted by molar-refractivity contribution is 5.97. The maximum Gasteiger partial charge on any atom is 0.265 e. The summed E-state index contributed by atoms with van der Waals surface area (Å²) in [4.78, 5) is 17.0. The summed E-state index contributed by atoms with van der Waals surface area (Å²) in [5, 5.41) is 0.826. The second kappa shape index (κ2) is 4.99. The summed E-state index contributed by atoms with van der Waals surface area (Å²) < 4.78 is 0. The molecule has 0 atom stereocenters. The van der Waals surface area contributed by atoms with Crippen LogP contribution < -0.4 is 5.73 Å². The van der Waals surface area contributed by atoms with Crippen molar-refractivity contribution in [2.45, 2.75) is 13.8 Å². The van der Waals surface area contributed by atoms with E-state index in [1.165, 1.54) is 0 Å². The van der Waals surface area contributed by atoms with E-state index in [2.05, 4.69) is 9.83 Å². The molecule has 2 aromatic rings.